The molecular formula is C24H30ClN3O3. The van der Waals surface area contributed by atoms with Crippen molar-refractivity contribution in [2.75, 3.05) is 33.3 Å². The molecule has 2 aromatic carbocycles. The van der Waals surface area contributed by atoms with Crippen LogP contribution in [-0.2, 0) is 4.79 Å². The molecule has 7 heteroatoms. The molecule has 1 unspecified atom stereocenters. The zero-order valence-electron chi connectivity index (χ0n) is 17.9. The van der Waals surface area contributed by atoms with Crippen molar-refractivity contribution in [1.82, 2.24) is 15.5 Å². The van der Waals surface area contributed by atoms with Gasteiger partial charge in [0.05, 0.1) is 12.7 Å². The molecule has 0 radical (unpaired) electrons. The Morgan fingerprint density at radius 1 is 1.06 bits per heavy atom. The van der Waals surface area contributed by atoms with Crippen LogP contribution in [0.2, 0.25) is 5.02 Å². The number of hydrogen-bond donors (Lipinski definition) is 2. The summed E-state index contributed by atoms with van der Waals surface area (Å²) < 4.78 is 5.36. The third-order valence-electron chi connectivity index (χ3n) is 5.44. The van der Waals surface area contributed by atoms with Gasteiger partial charge in [-0.25, -0.2) is 0 Å². The highest BCUT2D eigenvalue weighted by molar-refractivity contribution is 6.31. The van der Waals surface area contributed by atoms with Crippen LogP contribution in [0, 0.1) is 0 Å². The lowest BCUT2D eigenvalue weighted by molar-refractivity contribution is -0.121. The van der Waals surface area contributed by atoms with Gasteiger partial charge in [0.25, 0.3) is 5.91 Å². The van der Waals surface area contributed by atoms with Crippen molar-refractivity contribution in [3.05, 3.63) is 64.7 Å². The van der Waals surface area contributed by atoms with Gasteiger partial charge in [0.2, 0.25) is 5.91 Å². The van der Waals surface area contributed by atoms with E-state index in [-0.39, 0.29) is 17.9 Å². The normalized spacial score (nSPS) is 18.8. The average molecular weight is 444 g/mol. The van der Waals surface area contributed by atoms with E-state index < -0.39 is 0 Å². The van der Waals surface area contributed by atoms with Crippen molar-refractivity contribution in [2.24, 2.45) is 0 Å². The molecule has 1 saturated heterocycles. The van der Waals surface area contributed by atoms with Gasteiger partial charge in [-0.1, -0.05) is 41.9 Å². The third-order valence-corrected chi connectivity index (χ3v) is 5.68. The molecule has 3 rings (SSSR count). The summed E-state index contributed by atoms with van der Waals surface area (Å²) in [7, 11) is 1.55. The van der Waals surface area contributed by atoms with E-state index in [0.29, 0.717) is 48.8 Å². The Bertz CT molecular complexity index is 876. The Kier molecular flexibility index (Phi) is 8.74. The summed E-state index contributed by atoms with van der Waals surface area (Å²) >= 11 is 6.12. The molecule has 1 aliphatic heterocycles. The minimum atomic E-state index is -0.101. The summed E-state index contributed by atoms with van der Waals surface area (Å²) in [5, 5.41) is 6.99. The minimum absolute atomic E-state index is 0.00925. The molecule has 1 fully saturated rings. The van der Waals surface area contributed by atoms with Crippen LogP contribution in [-0.4, -0.2) is 50.0 Å². The second-order valence-electron chi connectivity index (χ2n) is 7.67. The van der Waals surface area contributed by atoms with E-state index in [4.69, 9.17) is 16.3 Å². The summed E-state index contributed by atoms with van der Waals surface area (Å²) in [6, 6.07) is 15.1. The molecule has 0 saturated carbocycles. The first-order chi connectivity index (χ1) is 15.1. The lowest BCUT2D eigenvalue weighted by Crippen LogP contribution is -2.35. The van der Waals surface area contributed by atoms with E-state index in [2.05, 4.69) is 10.6 Å². The average Bonchev–Trinajstić information content (AvgIpc) is 2.80. The molecule has 166 valence electrons. The number of hydrogen-bond acceptors (Lipinski definition) is 4. The quantitative estimate of drug-likeness (QED) is 0.756. The molecule has 1 aliphatic rings. The number of halogens is 1. The largest absolute Gasteiger partial charge is 0.496 e. The topological polar surface area (TPSA) is 70.7 Å². The lowest BCUT2D eigenvalue weighted by Gasteiger charge is -2.24. The fourth-order valence-corrected chi connectivity index (χ4v) is 3.96. The van der Waals surface area contributed by atoms with Gasteiger partial charge in [-0.05, 0) is 49.6 Å². The van der Waals surface area contributed by atoms with E-state index in [9.17, 15) is 9.59 Å². The maximum atomic E-state index is 13.2. The fraction of sp³-hybridized carbons (Fsp3) is 0.417. The van der Waals surface area contributed by atoms with E-state index >= 15 is 0 Å². The van der Waals surface area contributed by atoms with Crippen LogP contribution in [0.5, 0.6) is 5.75 Å². The van der Waals surface area contributed by atoms with Crippen molar-refractivity contribution in [3.8, 4) is 5.75 Å². The molecule has 0 spiro atoms. The van der Waals surface area contributed by atoms with Gasteiger partial charge in [-0.15, -0.1) is 0 Å². The minimum Gasteiger partial charge on any atom is -0.496 e. The number of benzene rings is 2. The highest BCUT2D eigenvalue weighted by atomic mass is 35.5. The molecule has 2 aromatic rings. The first-order valence-electron chi connectivity index (χ1n) is 10.8. The van der Waals surface area contributed by atoms with Crippen molar-refractivity contribution in [1.29, 1.82) is 0 Å². The number of carbonyl (C=O) groups is 2. The second-order valence-corrected chi connectivity index (χ2v) is 8.11. The zero-order chi connectivity index (χ0) is 22.1. The molecule has 1 atom stereocenters. The predicted molar refractivity (Wildman–Crippen MR) is 123 cm³/mol. The van der Waals surface area contributed by atoms with Gasteiger partial charge < -0.3 is 20.3 Å². The van der Waals surface area contributed by atoms with E-state index in [1.807, 2.05) is 35.2 Å². The van der Waals surface area contributed by atoms with E-state index in [0.717, 1.165) is 24.9 Å². The SMILES string of the molecule is COc1ccc(Cl)cc1C(=O)N1CCCCNC(c2ccccc2)CC(=O)NCCC1. The fourth-order valence-electron chi connectivity index (χ4n) is 3.79. The predicted octanol–water partition coefficient (Wildman–Crippen LogP) is 3.81. The van der Waals surface area contributed by atoms with Gasteiger partial charge in [-0.2, -0.15) is 0 Å². The van der Waals surface area contributed by atoms with Crippen LogP contribution < -0.4 is 15.4 Å². The Hall–Kier alpha value is -2.57. The second kappa shape index (κ2) is 11.7. The summed E-state index contributed by atoms with van der Waals surface area (Å²) in [4.78, 5) is 27.5. The van der Waals surface area contributed by atoms with Crippen LogP contribution in [0.3, 0.4) is 0 Å². The maximum Gasteiger partial charge on any atom is 0.257 e. The number of ether oxygens (including phenoxy) is 1. The highest BCUT2D eigenvalue weighted by Gasteiger charge is 2.21. The third kappa shape index (κ3) is 6.71. The number of nitrogens with one attached hydrogen (secondary N) is 2. The van der Waals surface area contributed by atoms with Gasteiger partial charge in [0, 0.05) is 37.1 Å². The number of nitrogens with zero attached hydrogens (tertiary/aromatic N) is 1. The summed E-state index contributed by atoms with van der Waals surface area (Å²) in [6.45, 7) is 2.50. The molecule has 6 nitrogen and oxygen atoms in total. The molecule has 0 bridgehead atoms. The van der Waals surface area contributed by atoms with E-state index in [1.54, 1.807) is 25.3 Å². The number of rotatable bonds is 3. The summed E-state index contributed by atoms with van der Waals surface area (Å²) in [5.41, 5.74) is 1.57. The molecule has 2 amide bonds. The van der Waals surface area contributed by atoms with Crippen LogP contribution in [0.15, 0.2) is 48.5 Å². The molecular weight excluding hydrogens is 414 g/mol. The number of methoxy groups -OCH3 is 1. The van der Waals surface area contributed by atoms with Crippen LogP contribution in [0.4, 0.5) is 0 Å². The van der Waals surface area contributed by atoms with Gasteiger partial charge in [0.15, 0.2) is 0 Å². The first kappa shape index (κ1) is 23.1. The van der Waals surface area contributed by atoms with Crippen molar-refractivity contribution < 1.29 is 14.3 Å². The smallest absolute Gasteiger partial charge is 0.257 e. The van der Waals surface area contributed by atoms with Crippen LogP contribution in [0.25, 0.3) is 0 Å². The van der Waals surface area contributed by atoms with E-state index in [1.165, 1.54) is 0 Å². The lowest BCUT2D eigenvalue weighted by atomic mass is 10.0. The zero-order valence-corrected chi connectivity index (χ0v) is 18.7. The molecule has 1 heterocycles. The van der Waals surface area contributed by atoms with Gasteiger partial charge >= 0.3 is 0 Å². The van der Waals surface area contributed by atoms with Crippen molar-refractivity contribution >= 4 is 23.4 Å². The Morgan fingerprint density at radius 2 is 1.84 bits per heavy atom. The van der Waals surface area contributed by atoms with Gasteiger partial charge in [0.1, 0.15) is 5.75 Å². The van der Waals surface area contributed by atoms with Crippen molar-refractivity contribution in [3.63, 3.8) is 0 Å². The maximum absolute atomic E-state index is 13.2. The number of amides is 2. The Balaban J connectivity index is 1.68. The molecule has 31 heavy (non-hydrogen) atoms. The summed E-state index contributed by atoms with van der Waals surface area (Å²) in [5.74, 6) is 0.420. The highest BCUT2D eigenvalue weighted by Crippen LogP contribution is 2.24. The van der Waals surface area contributed by atoms with Crippen LogP contribution in [0.1, 0.15) is 47.6 Å². The Morgan fingerprint density at radius 3 is 2.61 bits per heavy atom. The standard InChI is InChI=1S/C24H30ClN3O3/c1-31-22-11-10-19(25)16-20(22)24(30)28-14-6-5-12-26-21(18-8-3-2-4-9-18)17-23(29)27-13-7-15-28/h2-4,8-11,16,21,26H,5-7,12-15,17H2,1H3,(H,27,29). The van der Waals surface area contributed by atoms with Gasteiger partial charge in [-0.3, -0.25) is 9.59 Å². The van der Waals surface area contributed by atoms with Crippen molar-refractivity contribution in [2.45, 2.75) is 31.7 Å². The molecule has 2 N–H and O–H groups in total. The molecule has 0 aliphatic carbocycles. The number of carbonyl (C=O) groups excluding carboxylic acids is 2. The van der Waals surface area contributed by atoms with Crippen LogP contribution >= 0.6 is 11.6 Å². The molecule has 0 aromatic heterocycles. The Labute approximate surface area is 188 Å². The first-order valence-corrected chi connectivity index (χ1v) is 11.1. The monoisotopic (exact) mass is 443 g/mol. The summed E-state index contributed by atoms with van der Waals surface area (Å²) in [6.07, 6.45) is 2.85.